The molecule has 40 heavy (non-hydrogen) atoms. The van der Waals surface area contributed by atoms with Gasteiger partial charge in [-0.15, -0.1) is 0 Å². The molecular weight excluding hydrogens is 567 g/mol. The van der Waals surface area contributed by atoms with Gasteiger partial charge in [0.15, 0.2) is 23.9 Å². The van der Waals surface area contributed by atoms with Crippen LogP contribution < -0.4 is 20.2 Å². The molecule has 3 N–H and O–H groups in total. The second-order valence-electron chi connectivity index (χ2n) is 9.73. The van der Waals surface area contributed by atoms with Crippen LogP contribution in [0.3, 0.4) is 0 Å². The Hall–Kier alpha value is -3.63. The Morgan fingerprint density at radius 3 is 2.55 bits per heavy atom. The molecule has 1 aromatic heterocycles. The molecule has 12 heteroatoms. The summed E-state index contributed by atoms with van der Waals surface area (Å²) in [5.74, 6) is -0.680. The number of H-pyrrole nitrogens is 1. The number of rotatable bonds is 11. The number of halogens is 4. The zero-order valence-corrected chi connectivity index (χ0v) is 22.7. The maximum atomic E-state index is 13.2. The zero-order valence-electron chi connectivity index (χ0n) is 21.2. The first-order valence-electron chi connectivity index (χ1n) is 12.6. The predicted molar refractivity (Wildman–Crippen MR) is 142 cm³/mol. The summed E-state index contributed by atoms with van der Waals surface area (Å²) >= 11 is 12.8. The molecule has 3 aromatic rings. The average molecular weight is 593 g/mol. The molecule has 0 spiro atoms. The first kappa shape index (κ1) is 27.9. The third-order valence-corrected chi connectivity index (χ3v) is 7.39. The second-order valence-corrected chi connectivity index (χ2v) is 10.5. The van der Waals surface area contributed by atoms with Crippen LogP contribution in [0.15, 0.2) is 48.8 Å². The molecule has 0 saturated heterocycles. The SMILES string of the molecule is Nc1ccc2c(c1)C(=O)N(CC(=O)O[C@@H](Cc1c(Cl)c[nH+]cc1Cl)c1ccc(OC(F)F)c(OCC3CC3)c1)C2. The number of nitrogens with one attached hydrogen (secondary N) is 1. The van der Waals surface area contributed by atoms with Gasteiger partial charge in [0.05, 0.1) is 6.61 Å². The van der Waals surface area contributed by atoms with Crippen molar-refractivity contribution in [1.82, 2.24) is 4.90 Å². The first-order chi connectivity index (χ1) is 19.2. The second kappa shape index (κ2) is 11.9. The van der Waals surface area contributed by atoms with Crippen molar-refractivity contribution >= 4 is 40.8 Å². The molecule has 210 valence electrons. The van der Waals surface area contributed by atoms with Crippen LogP contribution in [0.2, 0.25) is 10.0 Å². The van der Waals surface area contributed by atoms with Gasteiger partial charge in [0, 0.05) is 29.8 Å². The average Bonchev–Trinajstić information content (AvgIpc) is 3.69. The summed E-state index contributed by atoms with van der Waals surface area (Å²) in [5, 5.41) is 0.637. The van der Waals surface area contributed by atoms with Crippen molar-refractivity contribution in [3.8, 4) is 11.5 Å². The molecule has 2 aliphatic rings. The van der Waals surface area contributed by atoms with Crippen LogP contribution in [0.25, 0.3) is 0 Å². The number of aromatic amines is 1. The van der Waals surface area contributed by atoms with E-state index in [2.05, 4.69) is 9.72 Å². The van der Waals surface area contributed by atoms with Crippen LogP contribution in [-0.4, -0.2) is 36.5 Å². The third-order valence-electron chi connectivity index (χ3n) is 6.72. The molecule has 1 aliphatic carbocycles. The van der Waals surface area contributed by atoms with Crippen molar-refractivity contribution in [2.45, 2.75) is 38.5 Å². The van der Waals surface area contributed by atoms with Gasteiger partial charge in [0.1, 0.15) is 22.7 Å². The Labute approximate surface area is 238 Å². The molecule has 8 nitrogen and oxygen atoms in total. The van der Waals surface area contributed by atoms with Gasteiger partial charge in [-0.2, -0.15) is 8.78 Å². The highest BCUT2D eigenvalue weighted by Crippen LogP contribution is 2.38. The fraction of sp³-hybridized carbons (Fsp3) is 0.321. The molecule has 0 radical (unpaired) electrons. The van der Waals surface area contributed by atoms with E-state index >= 15 is 0 Å². The van der Waals surface area contributed by atoms with Crippen LogP contribution in [0.4, 0.5) is 14.5 Å². The van der Waals surface area contributed by atoms with Crippen molar-refractivity contribution in [2.75, 3.05) is 18.9 Å². The van der Waals surface area contributed by atoms with Gasteiger partial charge in [-0.25, -0.2) is 4.98 Å². The molecule has 1 atom stereocenters. The number of carbonyl (C=O) groups excluding carboxylic acids is 2. The predicted octanol–water partition coefficient (Wildman–Crippen LogP) is 5.26. The highest BCUT2D eigenvalue weighted by molar-refractivity contribution is 6.35. The van der Waals surface area contributed by atoms with E-state index < -0.39 is 18.7 Å². The number of carbonyl (C=O) groups is 2. The van der Waals surface area contributed by atoms with Crippen molar-refractivity contribution in [3.05, 3.63) is 81.1 Å². The number of anilines is 1. The Kier molecular flexibility index (Phi) is 8.27. The molecule has 0 bridgehead atoms. The van der Waals surface area contributed by atoms with Gasteiger partial charge in [-0.05, 0) is 54.2 Å². The van der Waals surface area contributed by atoms with E-state index in [0.717, 1.165) is 18.4 Å². The maximum absolute atomic E-state index is 13.2. The Bertz CT molecular complexity index is 1420. The highest BCUT2D eigenvalue weighted by Gasteiger charge is 2.31. The smallest absolute Gasteiger partial charge is 0.387 e. The summed E-state index contributed by atoms with van der Waals surface area (Å²) in [6, 6.07) is 9.38. The van der Waals surface area contributed by atoms with Crippen LogP contribution in [0.5, 0.6) is 11.5 Å². The standard InChI is InChI=1S/C28H25Cl2F2N3O5/c29-21-10-34-11-22(30)20(21)9-24(16-4-6-23(40-28(31)32)25(7-16)38-14-15-1-2-15)39-26(36)13-35-12-17-3-5-18(33)8-19(17)27(35)37/h3-8,10-11,15,24,28H,1-2,9,12-14,33H2/p+1/t24-/m0/s1. The van der Waals surface area contributed by atoms with Gasteiger partial charge in [-0.3, -0.25) is 9.59 Å². The number of hydrogen-bond acceptors (Lipinski definition) is 6. The lowest BCUT2D eigenvalue weighted by atomic mass is 10.0. The van der Waals surface area contributed by atoms with Crippen molar-refractivity contribution in [2.24, 2.45) is 5.92 Å². The minimum Gasteiger partial charge on any atom is -0.489 e. The summed E-state index contributed by atoms with van der Waals surface area (Å²) in [7, 11) is 0. The lowest BCUT2D eigenvalue weighted by molar-refractivity contribution is -0.377. The van der Waals surface area contributed by atoms with Crippen molar-refractivity contribution < 1.29 is 37.6 Å². The summed E-state index contributed by atoms with van der Waals surface area (Å²) in [6.07, 6.45) is 4.20. The topological polar surface area (TPSA) is 105 Å². The molecule has 5 rings (SSSR count). The molecule has 1 fully saturated rings. The number of nitrogens with zero attached hydrogens (tertiary/aromatic N) is 1. The third kappa shape index (κ3) is 6.56. The molecule has 2 aromatic carbocycles. The Morgan fingerprint density at radius 1 is 1.10 bits per heavy atom. The fourth-order valence-electron chi connectivity index (χ4n) is 4.47. The molecule has 1 aliphatic heterocycles. The van der Waals surface area contributed by atoms with Gasteiger partial charge in [0.25, 0.3) is 5.91 Å². The summed E-state index contributed by atoms with van der Waals surface area (Å²) in [5.41, 5.74) is 8.42. The van der Waals surface area contributed by atoms with Gasteiger partial charge in [-0.1, -0.05) is 35.3 Å². The van der Waals surface area contributed by atoms with E-state index in [9.17, 15) is 18.4 Å². The summed E-state index contributed by atoms with van der Waals surface area (Å²) in [4.78, 5) is 30.2. The largest absolute Gasteiger partial charge is 0.489 e. The first-order valence-corrected chi connectivity index (χ1v) is 13.4. The van der Waals surface area contributed by atoms with Crippen LogP contribution >= 0.6 is 23.2 Å². The highest BCUT2D eigenvalue weighted by atomic mass is 35.5. The monoisotopic (exact) mass is 592 g/mol. The van der Waals surface area contributed by atoms with Gasteiger partial charge < -0.3 is 24.8 Å². The van der Waals surface area contributed by atoms with E-state index in [1.54, 1.807) is 18.2 Å². The Morgan fingerprint density at radius 2 is 1.85 bits per heavy atom. The zero-order chi connectivity index (χ0) is 28.4. The quantitative estimate of drug-likeness (QED) is 0.240. The maximum Gasteiger partial charge on any atom is 0.387 e. The lowest BCUT2D eigenvalue weighted by Gasteiger charge is -2.23. The number of esters is 1. The van der Waals surface area contributed by atoms with Crippen molar-refractivity contribution in [1.29, 1.82) is 0 Å². The van der Waals surface area contributed by atoms with Crippen molar-refractivity contribution in [3.63, 3.8) is 0 Å². The van der Waals surface area contributed by atoms with Gasteiger partial charge >= 0.3 is 12.6 Å². The number of hydrogen-bond donors (Lipinski definition) is 1. The minimum atomic E-state index is -3.04. The normalized spacial score (nSPS) is 15.2. The minimum absolute atomic E-state index is 0.0694. The van der Waals surface area contributed by atoms with Gasteiger partial charge in [0.2, 0.25) is 0 Å². The molecule has 2 heterocycles. The van der Waals surface area contributed by atoms with E-state index in [4.69, 9.17) is 38.4 Å². The van der Waals surface area contributed by atoms with E-state index in [0.29, 0.717) is 44.9 Å². The summed E-state index contributed by atoms with van der Waals surface area (Å²) in [6.45, 7) is -2.77. The van der Waals surface area contributed by atoms with Crippen LogP contribution in [0.1, 0.15) is 46.0 Å². The fourth-order valence-corrected chi connectivity index (χ4v) is 5.00. The van der Waals surface area contributed by atoms with E-state index in [-0.39, 0.29) is 36.9 Å². The number of ether oxygens (including phenoxy) is 3. The number of alkyl halides is 2. The number of pyridine rings is 1. The number of aromatic nitrogens is 1. The number of benzene rings is 2. The van der Waals surface area contributed by atoms with E-state index in [1.165, 1.54) is 35.5 Å². The molecule has 1 saturated carbocycles. The van der Waals surface area contributed by atoms with E-state index in [1.807, 2.05) is 0 Å². The molecule has 1 amide bonds. The lowest BCUT2D eigenvalue weighted by Crippen LogP contribution is -2.32. The number of fused-ring (bicyclic) bond motifs is 1. The molecule has 0 unspecified atom stereocenters. The number of nitrogens with two attached hydrogens (primary N) is 1. The van der Waals surface area contributed by atoms with Crippen LogP contribution in [-0.2, 0) is 22.5 Å². The number of nitrogen functional groups attached to an aromatic ring is 1. The molecular formula is C28H26Cl2F2N3O5+. The van der Waals surface area contributed by atoms with Crippen LogP contribution in [0, 0.1) is 5.92 Å². The number of amides is 1. The summed E-state index contributed by atoms with van der Waals surface area (Å²) < 4.78 is 42.4. The Balaban J connectivity index is 1.40.